The van der Waals surface area contributed by atoms with Crippen LogP contribution in [-0.2, 0) is 11.5 Å². The molecule has 0 saturated carbocycles. The van der Waals surface area contributed by atoms with Crippen molar-refractivity contribution in [2.24, 2.45) is 0 Å². The fourth-order valence-corrected chi connectivity index (χ4v) is 2.10. The molecule has 3 heterocycles. The van der Waals surface area contributed by atoms with Gasteiger partial charge in [-0.1, -0.05) is 0 Å². The Hall–Kier alpha value is -1.99. The van der Waals surface area contributed by atoms with Crippen LogP contribution in [-0.4, -0.2) is 29.8 Å². The molecule has 0 fully saturated rings. The summed E-state index contributed by atoms with van der Waals surface area (Å²) < 4.78 is 1.60. The van der Waals surface area contributed by atoms with E-state index in [1.807, 2.05) is 18.3 Å². The molecule has 0 radical (unpaired) electrons. The summed E-state index contributed by atoms with van der Waals surface area (Å²) in [6, 6.07) is 5.37. The summed E-state index contributed by atoms with van der Waals surface area (Å²) in [6.45, 7) is 0.170. The number of aromatic nitrogens is 5. The van der Waals surface area contributed by atoms with Crippen molar-refractivity contribution in [3.8, 4) is 0 Å². The summed E-state index contributed by atoms with van der Waals surface area (Å²) in [5, 5.41) is 15.5. The lowest BCUT2D eigenvalue weighted by atomic mass is 10.2. The third-order valence-corrected chi connectivity index (χ3v) is 3.07. The van der Waals surface area contributed by atoms with Crippen LogP contribution in [0.15, 0.2) is 43.1 Å². The monoisotopic (exact) mass is 273 g/mol. The standard InChI is InChI=1S/C12H11N5OS/c18-12(19,10-3-5-13-8-15-10)7-17-6-9-2-1-4-14-11(9)16-17/h1-6,8,18-19H,7H2. The second kappa shape index (κ2) is 4.60. The lowest BCUT2D eigenvalue weighted by Crippen LogP contribution is -2.26. The average Bonchev–Trinajstić information content (AvgIpc) is 2.81. The minimum atomic E-state index is -1.41. The molecular formula is C12H11N5OS. The summed E-state index contributed by atoms with van der Waals surface area (Å²) >= 11 is 4.25. The maximum absolute atomic E-state index is 10.4. The zero-order valence-electron chi connectivity index (χ0n) is 9.88. The van der Waals surface area contributed by atoms with Gasteiger partial charge < -0.3 is 5.11 Å². The van der Waals surface area contributed by atoms with E-state index < -0.39 is 4.93 Å². The highest BCUT2D eigenvalue weighted by molar-refractivity contribution is 7.81. The molecule has 1 atom stereocenters. The molecule has 96 valence electrons. The first kappa shape index (κ1) is 12.1. The molecule has 0 amide bonds. The van der Waals surface area contributed by atoms with Crippen LogP contribution in [0.1, 0.15) is 5.69 Å². The fraction of sp³-hybridized carbons (Fsp3) is 0.167. The summed E-state index contributed by atoms with van der Waals surface area (Å²) in [5.74, 6) is 0. The molecule has 1 N–H and O–H groups in total. The predicted molar refractivity (Wildman–Crippen MR) is 72.4 cm³/mol. The molecule has 0 aliphatic carbocycles. The van der Waals surface area contributed by atoms with Gasteiger partial charge in [0.15, 0.2) is 10.6 Å². The largest absolute Gasteiger partial charge is 0.372 e. The fourth-order valence-electron chi connectivity index (χ4n) is 1.82. The van der Waals surface area contributed by atoms with Crippen LogP contribution in [0.4, 0.5) is 0 Å². The van der Waals surface area contributed by atoms with E-state index in [0.717, 1.165) is 5.39 Å². The Kier molecular flexibility index (Phi) is 2.92. The van der Waals surface area contributed by atoms with Gasteiger partial charge in [0, 0.05) is 24.0 Å². The van der Waals surface area contributed by atoms with Gasteiger partial charge in [-0.2, -0.15) is 5.10 Å². The van der Waals surface area contributed by atoms with E-state index in [2.05, 4.69) is 32.7 Å². The van der Waals surface area contributed by atoms with Crippen molar-refractivity contribution >= 4 is 23.7 Å². The van der Waals surface area contributed by atoms with E-state index in [4.69, 9.17) is 0 Å². The number of aliphatic hydroxyl groups is 1. The molecule has 0 aliphatic rings. The molecule has 0 saturated heterocycles. The Balaban J connectivity index is 1.92. The van der Waals surface area contributed by atoms with Crippen molar-refractivity contribution in [2.45, 2.75) is 11.5 Å². The van der Waals surface area contributed by atoms with Gasteiger partial charge in [0.2, 0.25) is 0 Å². The average molecular weight is 273 g/mol. The Morgan fingerprint density at radius 1 is 1.26 bits per heavy atom. The van der Waals surface area contributed by atoms with E-state index in [1.54, 1.807) is 23.1 Å². The second-order valence-corrected chi connectivity index (χ2v) is 4.89. The molecule has 0 aromatic carbocycles. The van der Waals surface area contributed by atoms with Crippen molar-refractivity contribution in [3.05, 3.63) is 48.8 Å². The Bertz CT molecular complexity index is 664. The van der Waals surface area contributed by atoms with Crippen molar-refractivity contribution in [1.82, 2.24) is 24.7 Å². The molecule has 1 unspecified atom stereocenters. The Morgan fingerprint density at radius 2 is 2.16 bits per heavy atom. The first-order chi connectivity index (χ1) is 9.15. The first-order valence-electron chi connectivity index (χ1n) is 5.64. The molecule has 7 heteroatoms. The Labute approximate surface area is 114 Å². The number of hydrogen-bond acceptors (Lipinski definition) is 6. The minimum absolute atomic E-state index is 0.170. The predicted octanol–water partition coefficient (Wildman–Crippen LogP) is 0.996. The maximum atomic E-state index is 10.4. The number of hydrogen-bond donors (Lipinski definition) is 2. The second-order valence-electron chi connectivity index (χ2n) is 4.15. The van der Waals surface area contributed by atoms with Crippen molar-refractivity contribution in [2.75, 3.05) is 0 Å². The van der Waals surface area contributed by atoms with Gasteiger partial charge in [0.25, 0.3) is 0 Å². The van der Waals surface area contributed by atoms with Crippen LogP contribution in [0.5, 0.6) is 0 Å². The molecule has 6 nitrogen and oxygen atoms in total. The van der Waals surface area contributed by atoms with Crippen LogP contribution in [0.25, 0.3) is 11.0 Å². The molecule has 0 aliphatic heterocycles. The van der Waals surface area contributed by atoms with Crippen LogP contribution >= 0.6 is 12.6 Å². The molecule has 3 aromatic heterocycles. The van der Waals surface area contributed by atoms with Crippen LogP contribution in [0.2, 0.25) is 0 Å². The van der Waals surface area contributed by atoms with Gasteiger partial charge in [-0.15, -0.1) is 12.6 Å². The smallest absolute Gasteiger partial charge is 0.181 e. The third kappa shape index (κ3) is 2.42. The summed E-state index contributed by atoms with van der Waals surface area (Å²) in [5.41, 5.74) is 1.06. The molecule has 0 bridgehead atoms. The van der Waals surface area contributed by atoms with Crippen molar-refractivity contribution in [1.29, 1.82) is 0 Å². The van der Waals surface area contributed by atoms with Gasteiger partial charge in [0.05, 0.1) is 12.2 Å². The lowest BCUT2D eigenvalue weighted by Gasteiger charge is -2.20. The van der Waals surface area contributed by atoms with E-state index in [-0.39, 0.29) is 6.54 Å². The summed E-state index contributed by atoms with van der Waals surface area (Å²) in [4.78, 5) is 10.5. The molecule has 19 heavy (non-hydrogen) atoms. The van der Waals surface area contributed by atoms with Gasteiger partial charge in [0.1, 0.15) is 6.33 Å². The van der Waals surface area contributed by atoms with Gasteiger partial charge in [-0.3, -0.25) is 4.68 Å². The van der Waals surface area contributed by atoms with Crippen LogP contribution in [0.3, 0.4) is 0 Å². The molecule has 3 aromatic rings. The summed E-state index contributed by atoms with van der Waals surface area (Å²) in [6.07, 6.45) is 6.42. The number of pyridine rings is 1. The number of thiol groups is 1. The summed E-state index contributed by atoms with van der Waals surface area (Å²) in [7, 11) is 0. The topological polar surface area (TPSA) is 76.7 Å². The van der Waals surface area contributed by atoms with Gasteiger partial charge in [-0.25, -0.2) is 15.0 Å². The zero-order chi connectivity index (χ0) is 13.3. The maximum Gasteiger partial charge on any atom is 0.181 e. The van der Waals surface area contributed by atoms with E-state index in [9.17, 15) is 5.11 Å². The first-order valence-corrected chi connectivity index (χ1v) is 6.09. The highest BCUT2D eigenvalue weighted by atomic mass is 32.1. The van der Waals surface area contributed by atoms with E-state index in [1.165, 1.54) is 6.33 Å². The minimum Gasteiger partial charge on any atom is -0.372 e. The molecular weight excluding hydrogens is 262 g/mol. The highest BCUT2D eigenvalue weighted by Crippen LogP contribution is 2.25. The van der Waals surface area contributed by atoms with Crippen LogP contribution in [0, 0.1) is 0 Å². The third-order valence-electron chi connectivity index (χ3n) is 2.70. The van der Waals surface area contributed by atoms with Gasteiger partial charge >= 0.3 is 0 Å². The Morgan fingerprint density at radius 3 is 2.89 bits per heavy atom. The van der Waals surface area contributed by atoms with Crippen molar-refractivity contribution in [3.63, 3.8) is 0 Å². The highest BCUT2D eigenvalue weighted by Gasteiger charge is 2.27. The lowest BCUT2D eigenvalue weighted by molar-refractivity contribution is 0.110. The van der Waals surface area contributed by atoms with Gasteiger partial charge in [-0.05, 0) is 18.2 Å². The number of rotatable bonds is 3. The number of nitrogens with zero attached hydrogens (tertiary/aromatic N) is 5. The van der Waals surface area contributed by atoms with Crippen LogP contribution < -0.4 is 0 Å². The SMILES string of the molecule is OC(S)(Cn1cc2cccnc2n1)c1ccncn1. The van der Waals surface area contributed by atoms with Crippen molar-refractivity contribution < 1.29 is 5.11 Å². The molecule has 0 spiro atoms. The van der Waals surface area contributed by atoms with E-state index >= 15 is 0 Å². The normalized spacial score (nSPS) is 14.4. The molecule has 3 rings (SSSR count). The van der Waals surface area contributed by atoms with E-state index in [0.29, 0.717) is 11.3 Å². The zero-order valence-corrected chi connectivity index (χ0v) is 10.8. The quantitative estimate of drug-likeness (QED) is 0.550. The number of fused-ring (bicyclic) bond motifs is 1.